The third-order valence-corrected chi connectivity index (χ3v) is 5.48. The molecule has 33 heavy (non-hydrogen) atoms. The minimum atomic E-state index is -0.685. The first-order chi connectivity index (χ1) is 16.0. The highest BCUT2D eigenvalue weighted by Gasteiger charge is 2.34. The third kappa shape index (κ3) is 4.02. The molecule has 3 aromatic rings. The molecule has 10 heteroatoms. The number of ether oxygens (including phenoxy) is 1. The van der Waals surface area contributed by atoms with E-state index in [1.54, 1.807) is 12.3 Å². The Labute approximate surface area is 187 Å². The zero-order chi connectivity index (χ0) is 22.9. The van der Waals surface area contributed by atoms with Gasteiger partial charge in [-0.3, -0.25) is 4.90 Å². The SMILES string of the molecule is O=C(Nc1ccc(Oc2ccnc3c2CCN3)c(F)c1)N1CCN(c2ccc(F)cc2)C1=O. The molecule has 0 aliphatic carbocycles. The number of rotatable bonds is 4. The first-order valence-corrected chi connectivity index (χ1v) is 10.3. The van der Waals surface area contributed by atoms with E-state index in [4.69, 9.17) is 4.74 Å². The molecule has 168 valence electrons. The lowest BCUT2D eigenvalue weighted by Gasteiger charge is -2.18. The van der Waals surface area contributed by atoms with Gasteiger partial charge in [-0.1, -0.05) is 0 Å². The lowest BCUT2D eigenvalue weighted by Crippen LogP contribution is -2.39. The van der Waals surface area contributed by atoms with Crippen LogP contribution < -0.4 is 20.3 Å². The molecular weight excluding hydrogens is 432 g/mol. The van der Waals surface area contributed by atoms with Gasteiger partial charge in [0.05, 0.1) is 6.54 Å². The highest BCUT2D eigenvalue weighted by molar-refractivity contribution is 6.08. The van der Waals surface area contributed by atoms with Gasteiger partial charge in [0.2, 0.25) is 0 Å². The molecule has 0 spiro atoms. The molecule has 4 amide bonds. The number of benzene rings is 2. The number of hydrogen-bond donors (Lipinski definition) is 2. The predicted octanol–water partition coefficient (Wildman–Crippen LogP) is 4.59. The van der Waals surface area contributed by atoms with Crippen molar-refractivity contribution >= 4 is 29.3 Å². The van der Waals surface area contributed by atoms with E-state index in [0.29, 0.717) is 11.4 Å². The second kappa shape index (κ2) is 8.38. The zero-order valence-corrected chi connectivity index (χ0v) is 17.3. The van der Waals surface area contributed by atoms with Crippen molar-refractivity contribution in [3.63, 3.8) is 0 Å². The Balaban J connectivity index is 1.26. The summed E-state index contributed by atoms with van der Waals surface area (Å²) in [6.45, 7) is 1.15. The van der Waals surface area contributed by atoms with Gasteiger partial charge < -0.3 is 15.4 Å². The standard InChI is InChI=1S/C23H19F2N5O3/c24-14-1-4-16(5-2-14)29-11-12-30(23(29)32)22(31)28-15-3-6-20(18(25)13-15)33-19-8-10-27-21-17(19)7-9-26-21/h1-6,8,10,13H,7,9,11-12H2,(H,26,27)(H,28,31). The van der Waals surface area contributed by atoms with E-state index in [0.717, 1.165) is 35.3 Å². The van der Waals surface area contributed by atoms with Gasteiger partial charge in [0.25, 0.3) is 0 Å². The summed E-state index contributed by atoms with van der Waals surface area (Å²) in [5.41, 5.74) is 1.55. The Morgan fingerprint density at radius 2 is 1.88 bits per heavy atom. The van der Waals surface area contributed by atoms with Crippen LogP contribution in [0.25, 0.3) is 0 Å². The topological polar surface area (TPSA) is 86.8 Å². The Kier molecular flexibility index (Phi) is 5.25. The van der Waals surface area contributed by atoms with Gasteiger partial charge in [0, 0.05) is 42.3 Å². The van der Waals surface area contributed by atoms with Crippen molar-refractivity contribution in [1.82, 2.24) is 9.88 Å². The van der Waals surface area contributed by atoms with E-state index in [-0.39, 0.29) is 24.5 Å². The minimum Gasteiger partial charge on any atom is -0.454 e. The van der Waals surface area contributed by atoms with Gasteiger partial charge in [-0.15, -0.1) is 0 Å². The first kappa shape index (κ1) is 20.7. The maximum absolute atomic E-state index is 14.7. The van der Waals surface area contributed by atoms with E-state index < -0.39 is 23.7 Å². The molecular formula is C23H19F2N5O3. The lowest BCUT2D eigenvalue weighted by atomic mass is 10.2. The first-order valence-electron chi connectivity index (χ1n) is 10.3. The summed E-state index contributed by atoms with van der Waals surface area (Å²) in [5, 5.41) is 5.67. The van der Waals surface area contributed by atoms with Crippen molar-refractivity contribution in [2.45, 2.75) is 6.42 Å². The normalized spacial score (nSPS) is 14.8. The number of fused-ring (bicyclic) bond motifs is 1. The summed E-state index contributed by atoms with van der Waals surface area (Å²) in [6.07, 6.45) is 2.31. The van der Waals surface area contributed by atoms with Crippen LogP contribution in [0.4, 0.5) is 35.6 Å². The largest absolute Gasteiger partial charge is 0.454 e. The number of carbonyl (C=O) groups is 2. The number of hydrogen-bond acceptors (Lipinski definition) is 5. The second-order valence-corrected chi connectivity index (χ2v) is 7.55. The van der Waals surface area contributed by atoms with Crippen LogP contribution in [0.15, 0.2) is 54.7 Å². The molecule has 1 aromatic heterocycles. The summed E-state index contributed by atoms with van der Waals surface area (Å²) < 4.78 is 33.6. The summed E-state index contributed by atoms with van der Waals surface area (Å²) in [7, 11) is 0. The molecule has 1 saturated heterocycles. The van der Waals surface area contributed by atoms with Crippen molar-refractivity contribution in [1.29, 1.82) is 0 Å². The van der Waals surface area contributed by atoms with Crippen LogP contribution in [0.3, 0.4) is 0 Å². The maximum Gasteiger partial charge on any atom is 0.332 e. The fourth-order valence-corrected chi connectivity index (χ4v) is 3.83. The number of urea groups is 2. The predicted molar refractivity (Wildman–Crippen MR) is 118 cm³/mol. The molecule has 0 bridgehead atoms. The van der Waals surface area contributed by atoms with E-state index in [1.165, 1.54) is 41.3 Å². The van der Waals surface area contributed by atoms with Crippen LogP contribution >= 0.6 is 0 Å². The minimum absolute atomic E-state index is 0.00744. The molecule has 8 nitrogen and oxygen atoms in total. The molecule has 3 heterocycles. The summed E-state index contributed by atoms with van der Waals surface area (Å²) in [5.74, 6) is 0.170. The highest BCUT2D eigenvalue weighted by atomic mass is 19.1. The number of pyridine rings is 1. The molecule has 0 radical (unpaired) electrons. The average Bonchev–Trinajstić information content (AvgIpc) is 3.43. The molecule has 2 N–H and O–H groups in total. The van der Waals surface area contributed by atoms with Crippen LogP contribution in [0.5, 0.6) is 11.5 Å². The van der Waals surface area contributed by atoms with Crippen molar-refractivity contribution < 1.29 is 23.1 Å². The number of imide groups is 1. The van der Waals surface area contributed by atoms with E-state index in [9.17, 15) is 18.4 Å². The summed E-state index contributed by atoms with van der Waals surface area (Å²) in [6, 6.07) is 9.91. The fraction of sp³-hybridized carbons (Fsp3) is 0.174. The molecule has 0 saturated carbocycles. The van der Waals surface area contributed by atoms with Gasteiger partial charge in [-0.2, -0.15) is 0 Å². The summed E-state index contributed by atoms with van der Waals surface area (Å²) >= 11 is 0. The number of aromatic nitrogens is 1. The number of carbonyl (C=O) groups excluding carboxylic acids is 2. The Hall–Kier alpha value is -4.21. The fourth-order valence-electron chi connectivity index (χ4n) is 3.83. The van der Waals surface area contributed by atoms with Crippen LogP contribution in [0.1, 0.15) is 5.56 Å². The van der Waals surface area contributed by atoms with Gasteiger partial charge in [0.15, 0.2) is 11.6 Å². The number of nitrogens with one attached hydrogen (secondary N) is 2. The number of halogens is 2. The molecule has 2 aliphatic rings. The molecule has 5 rings (SSSR count). The third-order valence-electron chi connectivity index (χ3n) is 5.48. The Bertz CT molecular complexity index is 1240. The zero-order valence-electron chi connectivity index (χ0n) is 17.3. The van der Waals surface area contributed by atoms with E-state index in [1.807, 2.05) is 0 Å². The maximum atomic E-state index is 14.7. The average molecular weight is 451 g/mol. The van der Waals surface area contributed by atoms with Crippen LogP contribution in [0, 0.1) is 11.6 Å². The van der Waals surface area contributed by atoms with Crippen LogP contribution in [-0.2, 0) is 6.42 Å². The number of anilines is 3. The molecule has 1 fully saturated rings. The lowest BCUT2D eigenvalue weighted by molar-refractivity contribution is 0.209. The van der Waals surface area contributed by atoms with Gasteiger partial charge >= 0.3 is 12.1 Å². The summed E-state index contributed by atoms with van der Waals surface area (Å²) in [4.78, 5) is 31.8. The van der Waals surface area contributed by atoms with Crippen LogP contribution in [0.2, 0.25) is 0 Å². The van der Waals surface area contributed by atoms with Gasteiger partial charge in [0.1, 0.15) is 17.4 Å². The van der Waals surface area contributed by atoms with E-state index in [2.05, 4.69) is 15.6 Å². The molecule has 0 atom stereocenters. The Morgan fingerprint density at radius 3 is 2.67 bits per heavy atom. The molecule has 2 aromatic carbocycles. The highest BCUT2D eigenvalue weighted by Crippen LogP contribution is 2.34. The van der Waals surface area contributed by atoms with Crippen molar-refractivity contribution in [2.75, 3.05) is 35.2 Å². The number of nitrogens with zero attached hydrogens (tertiary/aromatic N) is 3. The second-order valence-electron chi connectivity index (χ2n) is 7.55. The van der Waals surface area contributed by atoms with Gasteiger partial charge in [-0.05, 0) is 48.9 Å². The van der Waals surface area contributed by atoms with Crippen molar-refractivity contribution in [2.24, 2.45) is 0 Å². The Morgan fingerprint density at radius 1 is 1.06 bits per heavy atom. The van der Waals surface area contributed by atoms with Gasteiger partial charge in [-0.25, -0.2) is 28.3 Å². The van der Waals surface area contributed by atoms with Crippen LogP contribution in [-0.4, -0.2) is 41.6 Å². The van der Waals surface area contributed by atoms with Crippen molar-refractivity contribution in [3.8, 4) is 11.5 Å². The quantitative estimate of drug-likeness (QED) is 0.606. The monoisotopic (exact) mass is 451 g/mol. The number of amides is 4. The molecule has 0 unspecified atom stereocenters. The molecule has 2 aliphatic heterocycles. The van der Waals surface area contributed by atoms with Crippen molar-refractivity contribution in [3.05, 3.63) is 71.9 Å². The van der Waals surface area contributed by atoms with E-state index >= 15 is 0 Å². The smallest absolute Gasteiger partial charge is 0.332 e.